The first-order chi connectivity index (χ1) is 14.5. The van der Waals surface area contributed by atoms with Crippen LogP contribution >= 0.6 is 11.3 Å². The first-order valence-corrected chi connectivity index (χ1v) is 10.7. The zero-order chi connectivity index (χ0) is 21.5. The third-order valence-electron chi connectivity index (χ3n) is 4.87. The standard InChI is InChI=1S/C21H26FN3O4S/c1-3-29-21(27)16-6-11-30-20(16)23-19(26)14-25-9-7-24(8-10-25)13-15-4-5-18(28-2)17(22)12-15/h4-6,11-12H,3,7-10,13-14H2,1-2H3,(H,23,26). The Bertz CT molecular complexity index is 881. The molecule has 0 unspecified atom stereocenters. The molecular weight excluding hydrogens is 409 g/mol. The van der Waals surface area contributed by atoms with Crippen molar-refractivity contribution in [3.8, 4) is 5.75 Å². The second-order valence-corrected chi connectivity index (χ2v) is 7.87. The van der Waals surface area contributed by atoms with Gasteiger partial charge in [0.2, 0.25) is 5.91 Å². The van der Waals surface area contributed by atoms with E-state index in [0.29, 0.717) is 17.1 Å². The number of rotatable bonds is 8. The largest absolute Gasteiger partial charge is 0.494 e. The van der Waals surface area contributed by atoms with Crippen molar-refractivity contribution in [1.29, 1.82) is 0 Å². The fourth-order valence-electron chi connectivity index (χ4n) is 3.32. The number of nitrogens with zero attached hydrogens (tertiary/aromatic N) is 2. The molecule has 1 aliphatic heterocycles. The molecule has 0 spiro atoms. The molecule has 2 aromatic rings. The summed E-state index contributed by atoms with van der Waals surface area (Å²) in [5.41, 5.74) is 1.27. The summed E-state index contributed by atoms with van der Waals surface area (Å²) in [6.07, 6.45) is 0. The summed E-state index contributed by atoms with van der Waals surface area (Å²) in [5.74, 6) is -0.709. The van der Waals surface area contributed by atoms with Crippen LogP contribution in [0, 0.1) is 5.82 Å². The van der Waals surface area contributed by atoms with Gasteiger partial charge >= 0.3 is 5.97 Å². The number of thiophene rings is 1. The highest BCUT2D eigenvalue weighted by Gasteiger charge is 2.21. The van der Waals surface area contributed by atoms with Gasteiger partial charge in [-0.1, -0.05) is 6.07 Å². The smallest absolute Gasteiger partial charge is 0.341 e. The van der Waals surface area contributed by atoms with Crippen LogP contribution in [-0.2, 0) is 16.1 Å². The Hall–Kier alpha value is -2.49. The summed E-state index contributed by atoms with van der Waals surface area (Å²) in [4.78, 5) is 28.6. The minimum atomic E-state index is -0.433. The molecule has 7 nitrogen and oxygen atoms in total. The van der Waals surface area contributed by atoms with E-state index in [1.807, 2.05) is 6.07 Å². The summed E-state index contributed by atoms with van der Waals surface area (Å²) >= 11 is 1.30. The van der Waals surface area contributed by atoms with Gasteiger partial charge in [-0.05, 0) is 36.1 Å². The second kappa shape index (κ2) is 10.5. The number of esters is 1. The molecule has 1 aromatic heterocycles. The van der Waals surface area contributed by atoms with Crippen molar-refractivity contribution in [3.63, 3.8) is 0 Å². The van der Waals surface area contributed by atoms with Gasteiger partial charge in [0.05, 0.1) is 25.8 Å². The van der Waals surface area contributed by atoms with E-state index in [0.717, 1.165) is 31.7 Å². The molecule has 0 bridgehead atoms. The molecule has 1 saturated heterocycles. The maximum absolute atomic E-state index is 13.9. The number of methoxy groups -OCH3 is 1. The number of carbonyl (C=O) groups is 2. The van der Waals surface area contributed by atoms with Crippen molar-refractivity contribution in [1.82, 2.24) is 9.80 Å². The molecule has 9 heteroatoms. The van der Waals surface area contributed by atoms with Crippen LogP contribution in [0.5, 0.6) is 5.75 Å². The number of hydrogen-bond acceptors (Lipinski definition) is 7. The molecule has 1 fully saturated rings. The van der Waals surface area contributed by atoms with Crippen molar-refractivity contribution in [2.75, 3.05) is 51.8 Å². The summed E-state index contributed by atoms with van der Waals surface area (Å²) < 4.78 is 23.8. The first-order valence-electron chi connectivity index (χ1n) is 9.81. The Morgan fingerprint density at radius 3 is 2.57 bits per heavy atom. The Balaban J connectivity index is 1.46. The molecular formula is C21H26FN3O4S. The third-order valence-corrected chi connectivity index (χ3v) is 5.70. The number of nitrogens with one attached hydrogen (secondary N) is 1. The van der Waals surface area contributed by atoms with Crippen LogP contribution in [0.3, 0.4) is 0 Å². The highest BCUT2D eigenvalue weighted by atomic mass is 32.1. The van der Waals surface area contributed by atoms with E-state index in [1.165, 1.54) is 24.5 Å². The van der Waals surface area contributed by atoms with Crippen LogP contribution in [-0.4, -0.2) is 68.1 Å². The molecule has 3 rings (SSSR count). The number of carbonyl (C=O) groups excluding carboxylic acids is 2. The monoisotopic (exact) mass is 435 g/mol. The summed E-state index contributed by atoms with van der Waals surface area (Å²) in [6, 6.07) is 6.66. The number of benzene rings is 1. The lowest BCUT2D eigenvalue weighted by Crippen LogP contribution is -2.48. The van der Waals surface area contributed by atoms with Crippen molar-refractivity contribution in [2.24, 2.45) is 0 Å². The van der Waals surface area contributed by atoms with E-state index >= 15 is 0 Å². The van der Waals surface area contributed by atoms with E-state index in [2.05, 4.69) is 15.1 Å². The summed E-state index contributed by atoms with van der Waals surface area (Å²) in [6.45, 7) is 5.98. The SMILES string of the molecule is CCOC(=O)c1ccsc1NC(=O)CN1CCN(Cc2ccc(OC)c(F)c2)CC1. The number of amides is 1. The molecule has 162 valence electrons. The Labute approximate surface area is 179 Å². The fraction of sp³-hybridized carbons (Fsp3) is 0.429. The molecule has 0 aliphatic carbocycles. The van der Waals surface area contributed by atoms with E-state index in [1.54, 1.807) is 24.4 Å². The molecule has 1 amide bonds. The van der Waals surface area contributed by atoms with E-state index in [9.17, 15) is 14.0 Å². The Kier molecular flexibility index (Phi) is 7.78. The van der Waals surface area contributed by atoms with Gasteiger partial charge < -0.3 is 14.8 Å². The number of piperazine rings is 1. The number of halogens is 1. The molecule has 0 saturated carbocycles. The normalized spacial score (nSPS) is 15.0. The zero-order valence-electron chi connectivity index (χ0n) is 17.2. The van der Waals surface area contributed by atoms with Crippen LogP contribution in [0.15, 0.2) is 29.6 Å². The fourth-order valence-corrected chi connectivity index (χ4v) is 4.11. The molecule has 30 heavy (non-hydrogen) atoms. The van der Waals surface area contributed by atoms with Crippen molar-refractivity contribution < 1.29 is 23.5 Å². The van der Waals surface area contributed by atoms with Gasteiger partial charge in [0.25, 0.3) is 0 Å². The Morgan fingerprint density at radius 2 is 1.90 bits per heavy atom. The van der Waals surface area contributed by atoms with Gasteiger partial charge in [-0.15, -0.1) is 11.3 Å². The molecule has 0 atom stereocenters. The van der Waals surface area contributed by atoms with Gasteiger partial charge in [-0.25, -0.2) is 9.18 Å². The molecule has 1 N–H and O–H groups in total. The van der Waals surface area contributed by atoms with E-state index in [4.69, 9.17) is 9.47 Å². The maximum atomic E-state index is 13.9. The molecule has 1 aliphatic rings. The van der Waals surface area contributed by atoms with Gasteiger partial charge in [-0.3, -0.25) is 14.6 Å². The van der Waals surface area contributed by atoms with Crippen LogP contribution in [0.25, 0.3) is 0 Å². The van der Waals surface area contributed by atoms with E-state index in [-0.39, 0.29) is 30.6 Å². The summed E-state index contributed by atoms with van der Waals surface area (Å²) in [5, 5.41) is 5.08. The minimum Gasteiger partial charge on any atom is -0.494 e. The highest BCUT2D eigenvalue weighted by molar-refractivity contribution is 7.14. The predicted octanol–water partition coefficient (Wildman–Crippen LogP) is 2.83. The van der Waals surface area contributed by atoms with Gasteiger partial charge in [0, 0.05) is 32.7 Å². The topological polar surface area (TPSA) is 71.1 Å². The Morgan fingerprint density at radius 1 is 1.17 bits per heavy atom. The number of anilines is 1. The van der Waals surface area contributed by atoms with Crippen molar-refractivity contribution in [2.45, 2.75) is 13.5 Å². The average molecular weight is 436 g/mol. The first kappa shape index (κ1) is 22.2. The van der Waals surface area contributed by atoms with E-state index < -0.39 is 5.97 Å². The number of hydrogen-bond donors (Lipinski definition) is 1. The lowest BCUT2D eigenvalue weighted by Gasteiger charge is -2.34. The van der Waals surface area contributed by atoms with Gasteiger partial charge in [-0.2, -0.15) is 0 Å². The maximum Gasteiger partial charge on any atom is 0.341 e. The molecule has 1 aromatic carbocycles. The van der Waals surface area contributed by atoms with Crippen LogP contribution < -0.4 is 10.1 Å². The number of ether oxygens (including phenoxy) is 2. The van der Waals surface area contributed by atoms with Crippen LogP contribution in [0.2, 0.25) is 0 Å². The van der Waals surface area contributed by atoms with Crippen molar-refractivity contribution in [3.05, 3.63) is 46.6 Å². The predicted molar refractivity (Wildman–Crippen MR) is 114 cm³/mol. The second-order valence-electron chi connectivity index (χ2n) is 6.95. The van der Waals surface area contributed by atoms with Gasteiger partial charge in [0.15, 0.2) is 11.6 Å². The lowest BCUT2D eigenvalue weighted by molar-refractivity contribution is -0.117. The minimum absolute atomic E-state index is 0.159. The quantitative estimate of drug-likeness (QED) is 0.643. The molecule has 0 radical (unpaired) electrons. The van der Waals surface area contributed by atoms with Crippen LogP contribution in [0.1, 0.15) is 22.8 Å². The molecule has 2 heterocycles. The lowest BCUT2D eigenvalue weighted by atomic mass is 10.2. The average Bonchev–Trinajstić information content (AvgIpc) is 3.18. The van der Waals surface area contributed by atoms with Crippen LogP contribution in [0.4, 0.5) is 9.39 Å². The zero-order valence-corrected chi connectivity index (χ0v) is 18.0. The van der Waals surface area contributed by atoms with Gasteiger partial charge in [0.1, 0.15) is 5.00 Å². The summed E-state index contributed by atoms with van der Waals surface area (Å²) in [7, 11) is 1.45. The third kappa shape index (κ3) is 5.78. The van der Waals surface area contributed by atoms with Crippen molar-refractivity contribution >= 4 is 28.2 Å². The highest BCUT2D eigenvalue weighted by Crippen LogP contribution is 2.24.